The summed E-state index contributed by atoms with van der Waals surface area (Å²) in [5.74, 6) is 0.0473. The number of carbonyl (C=O) groups excluding carboxylic acids is 1. The molecule has 0 aromatic heterocycles. The summed E-state index contributed by atoms with van der Waals surface area (Å²) in [4.78, 5) is 16.6. The zero-order chi connectivity index (χ0) is 25.4. The number of halogens is 1. The smallest absolute Gasteiger partial charge is 0.651 e. The molecule has 188 valence electrons. The van der Waals surface area contributed by atoms with Gasteiger partial charge in [0, 0.05) is 30.8 Å². The number of nitrogens with one attached hydrogen (secondary N) is 2. The fourth-order valence-corrected chi connectivity index (χ4v) is 3.87. The minimum atomic E-state index is -0.500. The number of carbonyl (C=O) groups is 1. The fourth-order valence-electron chi connectivity index (χ4n) is 3.87. The van der Waals surface area contributed by atoms with Crippen molar-refractivity contribution in [3.8, 4) is 5.75 Å². The van der Waals surface area contributed by atoms with E-state index in [9.17, 15) is 9.18 Å². The number of hydrogen-bond donors (Lipinski definition) is 2. The average molecular weight is 521 g/mol. The molecule has 3 rings (SSSR count). The summed E-state index contributed by atoms with van der Waals surface area (Å²) >= 11 is 0. The number of rotatable bonds is 11. The van der Waals surface area contributed by atoms with E-state index in [0.717, 1.165) is 12.8 Å². The van der Waals surface area contributed by atoms with Crippen molar-refractivity contribution >= 4 is 35.9 Å². The number of nitrogens with zero attached hydrogens (tertiary/aromatic N) is 2. The third-order valence-electron chi connectivity index (χ3n) is 6.05. The molecular weight excluding hydrogens is 486 g/mol. The van der Waals surface area contributed by atoms with Gasteiger partial charge >= 0.3 is 51.4 Å². The van der Waals surface area contributed by atoms with Crippen LogP contribution in [0.4, 0.5) is 15.8 Å². The average Bonchev–Trinajstić information content (AvgIpc) is 2.79. The van der Waals surface area contributed by atoms with E-state index in [0.29, 0.717) is 41.4 Å². The molecule has 1 saturated carbocycles. The van der Waals surface area contributed by atoms with Gasteiger partial charge in [-0.15, -0.1) is 6.04 Å². The Morgan fingerprint density at radius 2 is 1.89 bits per heavy atom. The first-order valence-electron chi connectivity index (χ1n) is 11.7. The molecule has 1 unspecified atom stereocenters. The molecular formula is C27H34FKN4O3. The fraction of sp³-hybridized carbons (Fsp3) is 0.407. The molecule has 2 aromatic rings. The van der Waals surface area contributed by atoms with Gasteiger partial charge in [-0.1, -0.05) is 45.2 Å². The molecule has 0 saturated heterocycles. The van der Waals surface area contributed by atoms with E-state index in [1.165, 1.54) is 6.07 Å². The monoisotopic (exact) mass is 520 g/mol. The second-order valence-corrected chi connectivity index (χ2v) is 9.15. The van der Waals surface area contributed by atoms with Crippen molar-refractivity contribution in [3.63, 3.8) is 0 Å². The van der Waals surface area contributed by atoms with E-state index in [1.54, 1.807) is 50.6 Å². The second-order valence-electron chi connectivity index (χ2n) is 9.15. The quantitative estimate of drug-likeness (QED) is 0.263. The number of aliphatic imine (C=N–C) groups is 1. The van der Waals surface area contributed by atoms with E-state index in [4.69, 9.17) is 9.47 Å². The first-order valence-corrected chi connectivity index (χ1v) is 11.7. The van der Waals surface area contributed by atoms with Gasteiger partial charge in [0.1, 0.15) is 24.0 Å². The minimum absolute atomic E-state index is 0. The first-order chi connectivity index (χ1) is 16.7. The molecule has 2 aromatic carbocycles. The van der Waals surface area contributed by atoms with Gasteiger partial charge in [-0.05, 0) is 42.5 Å². The summed E-state index contributed by atoms with van der Waals surface area (Å²) in [6.07, 6.45) is 3.76. The molecule has 1 amide bonds. The molecule has 2 N–H and O–H groups in total. The van der Waals surface area contributed by atoms with Gasteiger partial charge < -0.3 is 25.4 Å². The van der Waals surface area contributed by atoms with Crippen LogP contribution in [-0.4, -0.2) is 45.0 Å². The van der Waals surface area contributed by atoms with E-state index in [2.05, 4.69) is 41.4 Å². The van der Waals surface area contributed by atoms with Crippen LogP contribution in [-0.2, 0) is 9.53 Å². The second kappa shape index (κ2) is 14.4. The van der Waals surface area contributed by atoms with Crippen molar-refractivity contribution in [2.45, 2.75) is 39.7 Å². The third-order valence-corrected chi connectivity index (χ3v) is 6.05. The van der Waals surface area contributed by atoms with Crippen LogP contribution < -0.4 is 77.2 Å². The van der Waals surface area contributed by atoms with Gasteiger partial charge in [-0.2, -0.15) is 0 Å². The predicted octanol–water partition coefficient (Wildman–Crippen LogP) is 1.03. The maximum absolute atomic E-state index is 15.0. The Balaban J connectivity index is 0.00000456. The molecule has 1 fully saturated rings. The van der Waals surface area contributed by atoms with Gasteiger partial charge in [-0.25, -0.2) is 9.38 Å². The topological polar surface area (TPSA) is 86.1 Å². The number of amides is 1. The van der Waals surface area contributed by atoms with Crippen molar-refractivity contribution in [1.29, 1.82) is 0 Å². The van der Waals surface area contributed by atoms with E-state index in [-0.39, 0.29) is 80.5 Å². The Kier molecular flexibility index (Phi) is 12.2. The Hall–Kier alpha value is -1.59. The maximum atomic E-state index is 15.0. The summed E-state index contributed by atoms with van der Waals surface area (Å²) < 4.78 is 25.4. The Morgan fingerprint density at radius 1 is 1.22 bits per heavy atom. The Morgan fingerprint density at radius 3 is 2.42 bits per heavy atom. The molecule has 9 heteroatoms. The number of benzene rings is 2. The minimum Gasteiger partial charge on any atom is -0.651 e. The number of ether oxygens (including phenoxy) is 2. The molecule has 0 radical (unpaired) electrons. The van der Waals surface area contributed by atoms with Crippen molar-refractivity contribution in [1.82, 2.24) is 0 Å². The molecule has 1 aliphatic carbocycles. The summed E-state index contributed by atoms with van der Waals surface area (Å²) in [5.41, 5.74) is 1.53. The van der Waals surface area contributed by atoms with E-state index >= 15 is 0 Å². The SMILES string of the molecule is C=c1cc(OCCOC)cc(F)/c1=C(/N=C\C)Nc1ccc(NC(=O)C[N-]C2CCC2(C)C)cc1.[K+]. The summed E-state index contributed by atoms with van der Waals surface area (Å²) in [5, 5.41) is 11.2. The van der Waals surface area contributed by atoms with Gasteiger partial charge in [-0.3, -0.25) is 4.79 Å². The van der Waals surface area contributed by atoms with Crippen LogP contribution in [0.15, 0.2) is 41.4 Å². The van der Waals surface area contributed by atoms with Gasteiger partial charge in [0.2, 0.25) is 5.91 Å². The summed E-state index contributed by atoms with van der Waals surface area (Å²) in [7, 11) is 1.57. The molecule has 1 aliphatic rings. The van der Waals surface area contributed by atoms with Gasteiger partial charge in [0.15, 0.2) is 0 Å². The largest absolute Gasteiger partial charge is 1.00 e. The van der Waals surface area contributed by atoms with Crippen LogP contribution in [0.3, 0.4) is 0 Å². The van der Waals surface area contributed by atoms with Gasteiger partial charge in [0.05, 0.1) is 11.8 Å². The standard InChI is InChI=1S/C27H34FN4O3.K/c1-6-29-26(25-18(2)15-21(16-22(25)28)35-14-13-34-5)32-20-9-7-19(8-10-20)31-24(33)17-30-23-11-12-27(23,3)4;/h6-10,15-16,23,32H,2,11-14,17H2,1,3-5H3,(H,31,33);/q-1;+1/b26-25-,29-6-;. The Bertz CT molecular complexity index is 1170. The predicted molar refractivity (Wildman–Crippen MR) is 140 cm³/mol. The summed E-state index contributed by atoms with van der Waals surface area (Å²) in [6, 6.07) is 10.3. The number of anilines is 2. The number of hydrogen-bond acceptors (Lipinski definition) is 5. The number of methoxy groups -OCH3 is 1. The zero-order valence-electron chi connectivity index (χ0n) is 21.9. The van der Waals surface area contributed by atoms with Crippen LogP contribution in [0.25, 0.3) is 17.7 Å². The van der Waals surface area contributed by atoms with Crippen LogP contribution >= 0.6 is 0 Å². The third kappa shape index (κ3) is 8.48. The Labute approximate surface area is 255 Å². The van der Waals surface area contributed by atoms with E-state index < -0.39 is 5.82 Å². The molecule has 0 heterocycles. The normalized spacial score (nSPS) is 17.1. The van der Waals surface area contributed by atoms with Crippen molar-refractivity contribution in [2.75, 3.05) is 37.5 Å². The molecule has 7 nitrogen and oxygen atoms in total. The molecule has 0 spiro atoms. The van der Waals surface area contributed by atoms with Gasteiger partial charge in [0.25, 0.3) is 0 Å². The molecule has 1 atom stereocenters. The van der Waals surface area contributed by atoms with Crippen LogP contribution in [0, 0.1) is 11.2 Å². The molecule has 0 aliphatic heterocycles. The maximum Gasteiger partial charge on any atom is 1.00 e. The van der Waals surface area contributed by atoms with Crippen molar-refractivity contribution in [3.05, 3.63) is 58.0 Å². The molecule has 36 heavy (non-hydrogen) atoms. The van der Waals surface area contributed by atoms with Crippen LogP contribution in [0.5, 0.6) is 5.75 Å². The zero-order valence-corrected chi connectivity index (χ0v) is 25.0. The van der Waals surface area contributed by atoms with Crippen LogP contribution in [0.2, 0.25) is 0 Å². The van der Waals surface area contributed by atoms with Crippen molar-refractivity contribution in [2.24, 2.45) is 10.4 Å². The van der Waals surface area contributed by atoms with E-state index in [1.807, 2.05) is 0 Å². The molecule has 0 bridgehead atoms. The van der Waals surface area contributed by atoms with Crippen molar-refractivity contribution < 1.29 is 70.0 Å². The summed E-state index contributed by atoms with van der Waals surface area (Å²) in [6.45, 7) is 10.9. The first kappa shape index (κ1) is 30.6. The van der Waals surface area contributed by atoms with Crippen LogP contribution in [0.1, 0.15) is 33.6 Å².